The van der Waals surface area contributed by atoms with Gasteiger partial charge < -0.3 is 0 Å². The van der Waals surface area contributed by atoms with Crippen LogP contribution in [0.3, 0.4) is 0 Å². The fraction of sp³-hybridized carbons (Fsp3) is 0.167. The maximum Gasteiger partial charge on any atom is 0.129 e. The van der Waals surface area contributed by atoms with Gasteiger partial charge in [0.25, 0.3) is 0 Å². The van der Waals surface area contributed by atoms with Crippen LogP contribution in [0.2, 0.25) is 0 Å². The van der Waals surface area contributed by atoms with E-state index in [-0.39, 0.29) is 5.57 Å². The van der Waals surface area contributed by atoms with E-state index < -0.39 is 30.7 Å². The van der Waals surface area contributed by atoms with Crippen LogP contribution in [0.25, 0.3) is 5.57 Å². The van der Waals surface area contributed by atoms with E-state index in [1.165, 1.54) is 12.1 Å². The summed E-state index contributed by atoms with van der Waals surface area (Å²) >= 11 is 0. The molecule has 0 amide bonds. The van der Waals surface area contributed by atoms with Crippen LogP contribution >= 0.6 is 0 Å². The summed E-state index contributed by atoms with van der Waals surface area (Å²) in [6.45, 7) is 0. The zero-order valence-corrected chi connectivity index (χ0v) is 6.84. The van der Waals surface area contributed by atoms with Crippen molar-refractivity contribution in [3.8, 4) is 0 Å². The maximum absolute atomic E-state index is 14.4. The molecule has 0 spiro atoms. The van der Waals surface area contributed by atoms with Gasteiger partial charge in [0.15, 0.2) is 0 Å². The average molecular weight is 179 g/mol. The molecule has 0 fully saturated rings. The molecule has 2 unspecified atom stereocenters. The highest BCUT2D eigenvalue weighted by atomic mass is 19.1. The van der Waals surface area contributed by atoms with Crippen LogP contribution < -0.4 is 0 Å². The van der Waals surface area contributed by atoms with Crippen molar-refractivity contribution in [2.75, 3.05) is 0 Å². The lowest BCUT2D eigenvalue weighted by Gasteiger charge is -2.13. The largest absolute Gasteiger partial charge is 0.242 e. The van der Waals surface area contributed by atoms with Gasteiger partial charge in [-0.25, -0.2) is 4.39 Å². The van der Waals surface area contributed by atoms with Crippen molar-refractivity contribution in [1.29, 1.82) is 0 Å². The zero-order valence-electron chi connectivity index (χ0n) is 11.8. The minimum absolute atomic E-state index is 0.300. The highest BCUT2D eigenvalue weighted by Gasteiger charge is 2.14. The van der Waals surface area contributed by atoms with Crippen molar-refractivity contribution in [2.45, 2.75) is 12.5 Å². The molecular weight excluding hydrogens is 163 g/mol. The van der Waals surface area contributed by atoms with Gasteiger partial charge in [0.2, 0.25) is 0 Å². The second kappa shape index (κ2) is 3.56. The third-order valence-electron chi connectivity index (χ3n) is 1.76. The van der Waals surface area contributed by atoms with E-state index >= 15 is 0 Å². The predicted octanol–water partition coefficient (Wildman–Crippen LogP) is 3.37. The van der Waals surface area contributed by atoms with Gasteiger partial charge >= 0.3 is 0 Å². The Bertz CT molecular complexity index is 533. The van der Waals surface area contributed by atoms with Crippen molar-refractivity contribution in [3.63, 3.8) is 0 Å². The molecule has 0 aromatic heterocycles. The predicted molar refractivity (Wildman–Crippen MR) is 53.1 cm³/mol. The normalized spacial score (nSPS) is 40.4. The van der Waals surface area contributed by atoms with E-state index in [1.54, 1.807) is 18.2 Å². The van der Waals surface area contributed by atoms with Crippen molar-refractivity contribution in [3.05, 3.63) is 54.1 Å². The molecule has 1 aromatic rings. The molecule has 0 N–H and O–H groups in total. The molecule has 2 rings (SSSR count). The third kappa shape index (κ3) is 1.69. The van der Waals surface area contributed by atoms with E-state index in [1.807, 2.05) is 0 Å². The first kappa shape index (κ1) is 4.23. The molecule has 1 aliphatic rings. The van der Waals surface area contributed by atoms with Crippen LogP contribution in [0.1, 0.15) is 18.8 Å². The number of rotatable bonds is 1. The molecular formula is C12H11F. The second-order valence-electron chi connectivity index (χ2n) is 2.63. The lowest BCUT2D eigenvalue weighted by molar-refractivity contribution is 0.414. The van der Waals surface area contributed by atoms with Crippen molar-refractivity contribution in [2.24, 2.45) is 0 Å². The number of hydrogen-bond donors (Lipinski definition) is 0. The van der Waals surface area contributed by atoms with Crippen LogP contribution in [0.15, 0.2) is 48.5 Å². The molecule has 2 atom stereocenters. The van der Waals surface area contributed by atoms with Gasteiger partial charge in [0.05, 0.1) is 5.48 Å². The fourth-order valence-electron chi connectivity index (χ4n) is 1.14. The van der Waals surface area contributed by atoms with Gasteiger partial charge in [-0.2, -0.15) is 0 Å². The van der Waals surface area contributed by atoms with Gasteiger partial charge in [-0.1, -0.05) is 48.5 Å². The summed E-state index contributed by atoms with van der Waals surface area (Å²) in [7, 11) is 0. The van der Waals surface area contributed by atoms with Gasteiger partial charge in [0, 0.05) is 7.77 Å². The molecule has 0 saturated heterocycles. The Morgan fingerprint density at radius 1 is 1.46 bits per heavy atom. The van der Waals surface area contributed by atoms with Crippen LogP contribution in [0.4, 0.5) is 4.39 Å². The first-order valence-corrected chi connectivity index (χ1v) is 3.93. The van der Waals surface area contributed by atoms with Crippen molar-refractivity contribution >= 4 is 5.57 Å². The maximum atomic E-state index is 14.4. The summed E-state index contributed by atoms with van der Waals surface area (Å²) in [6.07, 6.45) is -4.67. The Kier molecular flexibility index (Phi) is 1.16. The van der Waals surface area contributed by atoms with E-state index in [0.29, 0.717) is 5.56 Å². The molecule has 0 bridgehead atoms. The first-order chi connectivity index (χ1) is 8.37. The number of allylic oxidation sites excluding steroid dienone is 4. The molecule has 0 nitrogen and oxygen atoms in total. The highest BCUT2D eigenvalue weighted by molar-refractivity contribution is 5.71. The molecule has 0 radical (unpaired) electrons. The lowest BCUT2D eigenvalue weighted by Crippen LogP contribution is -2.04. The molecule has 1 aliphatic carbocycles. The van der Waals surface area contributed by atoms with E-state index in [9.17, 15) is 4.39 Å². The van der Waals surface area contributed by atoms with Crippen LogP contribution in [-0.4, -0.2) is 6.15 Å². The van der Waals surface area contributed by atoms with Gasteiger partial charge in [-0.3, -0.25) is 0 Å². The Labute approximate surface area is 84.4 Å². The summed E-state index contributed by atoms with van der Waals surface area (Å²) in [4.78, 5) is 0. The molecule has 13 heavy (non-hydrogen) atoms. The SMILES string of the molecule is [2H]C1=C([2H])C([2H])C([2H])(F)C(c2ccccc2)=C1[2H]. The summed E-state index contributed by atoms with van der Waals surface area (Å²) in [5, 5.41) is 0. The summed E-state index contributed by atoms with van der Waals surface area (Å²) in [5.74, 6) is 0. The lowest BCUT2D eigenvalue weighted by atomic mass is 9.96. The smallest absolute Gasteiger partial charge is 0.129 e. The number of benzene rings is 1. The number of halogens is 1. The molecule has 0 heterocycles. The Hall–Kier alpha value is -1.37. The fourth-order valence-corrected chi connectivity index (χ4v) is 1.14. The molecule has 1 heteroatoms. The number of alkyl halides is 1. The van der Waals surface area contributed by atoms with Gasteiger partial charge in [0.1, 0.15) is 6.15 Å². The molecule has 0 aliphatic heterocycles. The van der Waals surface area contributed by atoms with Crippen molar-refractivity contribution < 1.29 is 11.2 Å². The zero-order chi connectivity index (χ0) is 13.5. The van der Waals surface area contributed by atoms with E-state index in [0.717, 1.165) is 0 Å². The van der Waals surface area contributed by atoms with E-state index in [4.69, 9.17) is 6.85 Å². The van der Waals surface area contributed by atoms with Crippen LogP contribution in [0.5, 0.6) is 0 Å². The quantitative estimate of drug-likeness (QED) is 0.620. The number of hydrogen-bond acceptors (Lipinski definition) is 0. The van der Waals surface area contributed by atoms with Gasteiger partial charge in [-0.05, 0) is 11.1 Å². The monoisotopic (exact) mass is 179 g/mol. The third-order valence-corrected chi connectivity index (χ3v) is 1.76. The molecule has 66 valence electrons. The Morgan fingerprint density at radius 3 is 3.00 bits per heavy atom. The topological polar surface area (TPSA) is 0 Å². The second-order valence-corrected chi connectivity index (χ2v) is 2.63. The van der Waals surface area contributed by atoms with Gasteiger partial charge in [-0.15, -0.1) is 0 Å². The van der Waals surface area contributed by atoms with Crippen LogP contribution in [0, 0.1) is 0 Å². The summed E-state index contributed by atoms with van der Waals surface area (Å²) < 4.78 is 52.2. The standard InChI is InChI=1S/C12H11F/c13-12-9-5-4-8-11(12)10-6-2-1-3-7-10/h1-8,12H,9H2/i4D,5D,8D,9D,12D. The average Bonchev–Trinajstić information content (AvgIpc) is 2.35. The summed E-state index contributed by atoms with van der Waals surface area (Å²) in [5.41, 5.74) is -0.0152. The first-order valence-electron chi connectivity index (χ1n) is 6.50. The minimum atomic E-state index is -2.87. The Balaban J connectivity index is 2.69. The summed E-state index contributed by atoms with van der Waals surface area (Å²) in [6, 6.07) is 6.43. The highest BCUT2D eigenvalue weighted by Crippen LogP contribution is 2.25. The minimum Gasteiger partial charge on any atom is -0.242 e. The van der Waals surface area contributed by atoms with E-state index in [2.05, 4.69) is 0 Å². The van der Waals surface area contributed by atoms with Crippen LogP contribution in [-0.2, 0) is 0 Å². The van der Waals surface area contributed by atoms with Crippen molar-refractivity contribution in [1.82, 2.24) is 0 Å². The molecule has 0 saturated carbocycles. The molecule has 1 aromatic carbocycles. The Morgan fingerprint density at radius 2 is 2.23 bits per heavy atom.